The van der Waals surface area contributed by atoms with Gasteiger partial charge in [-0.15, -0.1) is 0 Å². The van der Waals surface area contributed by atoms with Gasteiger partial charge in [-0.05, 0) is 18.8 Å². The molecule has 1 N–H and O–H groups in total. The van der Waals surface area contributed by atoms with E-state index in [0.29, 0.717) is 13.0 Å². The first-order chi connectivity index (χ1) is 6.81. The molecule has 1 aliphatic heterocycles. The zero-order chi connectivity index (χ0) is 9.97. The van der Waals surface area contributed by atoms with Gasteiger partial charge in [-0.1, -0.05) is 0 Å². The van der Waals surface area contributed by atoms with Gasteiger partial charge in [0.2, 0.25) is 0 Å². The fraction of sp³-hybridized carbons (Fsp3) is 0.900. The predicted octanol–water partition coefficient (Wildman–Crippen LogP) is 0.00620. The molecule has 1 atom stereocenters. The van der Waals surface area contributed by atoms with Crippen molar-refractivity contribution in [2.75, 3.05) is 26.3 Å². The summed E-state index contributed by atoms with van der Waals surface area (Å²) in [6.07, 6.45) is 2.55. The highest BCUT2D eigenvalue weighted by Gasteiger charge is 2.33. The van der Waals surface area contributed by atoms with Crippen LogP contribution in [0.2, 0.25) is 0 Å². The molecule has 0 aromatic rings. The lowest BCUT2D eigenvalue weighted by Gasteiger charge is -2.32. The van der Waals surface area contributed by atoms with Crippen LogP contribution in [0.15, 0.2) is 0 Å². The molecule has 4 heteroatoms. The minimum atomic E-state index is -0.396. The predicted molar refractivity (Wildman–Crippen MR) is 50.7 cm³/mol. The fourth-order valence-electron chi connectivity index (χ4n) is 1.81. The summed E-state index contributed by atoms with van der Waals surface area (Å²) in [5.41, 5.74) is 0. The molecule has 0 aromatic heterocycles. The zero-order valence-electron chi connectivity index (χ0n) is 8.32. The SMILES string of the molecule is O=C1[C@@H](CCO)OCCN1CC1CC1. The van der Waals surface area contributed by atoms with E-state index < -0.39 is 6.10 Å². The molecule has 2 fully saturated rings. The summed E-state index contributed by atoms with van der Waals surface area (Å²) >= 11 is 0. The van der Waals surface area contributed by atoms with Gasteiger partial charge in [0, 0.05) is 26.1 Å². The number of hydrogen-bond donors (Lipinski definition) is 1. The third kappa shape index (κ3) is 2.25. The second-order valence-electron chi connectivity index (χ2n) is 4.10. The Labute approximate surface area is 83.8 Å². The Morgan fingerprint density at radius 2 is 2.29 bits per heavy atom. The average Bonchev–Trinajstić information content (AvgIpc) is 2.96. The summed E-state index contributed by atoms with van der Waals surface area (Å²) in [5.74, 6) is 0.795. The molecule has 1 aliphatic carbocycles. The Balaban J connectivity index is 1.86. The molecule has 1 saturated heterocycles. The maximum Gasteiger partial charge on any atom is 0.251 e. The molecule has 2 rings (SSSR count). The summed E-state index contributed by atoms with van der Waals surface area (Å²) in [6, 6.07) is 0. The van der Waals surface area contributed by atoms with Crippen molar-refractivity contribution in [3.8, 4) is 0 Å². The fourth-order valence-corrected chi connectivity index (χ4v) is 1.81. The van der Waals surface area contributed by atoms with E-state index in [4.69, 9.17) is 9.84 Å². The van der Waals surface area contributed by atoms with Crippen molar-refractivity contribution >= 4 is 5.91 Å². The third-order valence-electron chi connectivity index (χ3n) is 2.83. The number of hydrogen-bond acceptors (Lipinski definition) is 3. The molecule has 0 unspecified atom stereocenters. The monoisotopic (exact) mass is 199 g/mol. The van der Waals surface area contributed by atoms with Crippen LogP contribution < -0.4 is 0 Å². The van der Waals surface area contributed by atoms with Crippen molar-refractivity contribution in [1.29, 1.82) is 0 Å². The third-order valence-corrected chi connectivity index (χ3v) is 2.83. The number of carbonyl (C=O) groups is 1. The highest BCUT2D eigenvalue weighted by Crippen LogP contribution is 2.30. The molecule has 0 aromatic carbocycles. The molecule has 80 valence electrons. The van der Waals surface area contributed by atoms with E-state index in [1.807, 2.05) is 4.90 Å². The molecular weight excluding hydrogens is 182 g/mol. The minimum absolute atomic E-state index is 0.0215. The van der Waals surface area contributed by atoms with E-state index in [0.717, 1.165) is 19.0 Å². The van der Waals surface area contributed by atoms with Gasteiger partial charge in [0.25, 0.3) is 5.91 Å². The number of aliphatic hydroxyl groups excluding tert-OH is 1. The molecule has 0 radical (unpaired) electrons. The standard InChI is InChI=1S/C10H17NO3/c12-5-3-9-10(13)11(4-6-14-9)7-8-1-2-8/h8-9,12H,1-7H2/t9-/m1/s1. The van der Waals surface area contributed by atoms with Gasteiger partial charge in [-0.3, -0.25) is 4.79 Å². The Morgan fingerprint density at radius 3 is 2.93 bits per heavy atom. The Morgan fingerprint density at radius 1 is 1.50 bits per heavy atom. The van der Waals surface area contributed by atoms with Crippen molar-refractivity contribution in [1.82, 2.24) is 4.90 Å². The van der Waals surface area contributed by atoms with E-state index in [1.54, 1.807) is 0 Å². The molecular formula is C10H17NO3. The van der Waals surface area contributed by atoms with Crippen LogP contribution in [-0.4, -0.2) is 48.3 Å². The van der Waals surface area contributed by atoms with E-state index >= 15 is 0 Å². The first-order valence-corrected chi connectivity index (χ1v) is 5.32. The van der Waals surface area contributed by atoms with Crippen molar-refractivity contribution in [2.45, 2.75) is 25.4 Å². The Kier molecular flexibility index (Phi) is 3.03. The molecule has 2 aliphatic rings. The summed E-state index contributed by atoms with van der Waals surface area (Å²) in [6.45, 7) is 2.25. The van der Waals surface area contributed by atoms with Crippen LogP contribution in [0.4, 0.5) is 0 Å². The number of amides is 1. The van der Waals surface area contributed by atoms with Crippen LogP contribution in [0.1, 0.15) is 19.3 Å². The summed E-state index contributed by atoms with van der Waals surface area (Å²) in [4.78, 5) is 13.7. The second-order valence-corrected chi connectivity index (χ2v) is 4.10. The second kappa shape index (κ2) is 4.28. The smallest absolute Gasteiger partial charge is 0.251 e. The molecule has 1 amide bonds. The van der Waals surface area contributed by atoms with Gasteiger partial charge in [0.05, 0.1) is 6.61 Å². The lowest BCUT2D eigenvalue weighted by molar-refractivity contribution is -0.154. The molecule has 0 spiro atoms. The largest absolute Gasteiger partial charge is 0.396 e. The van der Waals surface area contributed by atoms with E-state index in [2.05, 4.69) is 0 Å². The Bertz CT molecular complexity index is 213. The molecule has 1 saturated carbocycles. The normalized spacial score (nSPS) is 28.2. The molecule has 4 nitrogen and oxygen atoms in total. The number of morpholine rings is 1. The van der Waals surface area contributed by atoms with Crippen LogP contribution in [0, 0.1) is 5.92 Å². The highest BCUT2D eigenvalue weighted by molar-refractivity contribution is 5.81. The topological polar surface area (TPSA) is 49.8 Å². The van der Waals surface area contributed by atoms with Gasteiger partial charge in [0.1, 0.15) is 6.10 Å². The van der Waals surface area contributed by atoms with Gasteiger partial charge in [-0.25, -0.2) is 0 Å². The maximum absolute atomic E-state index is 11.8. The summed E-state index contributed by atoms with van der Waals surface area (Å²) in [5, 5.41) is 8.77. The number of rotatable bonds is 4. The minimum Gasteiger partial charge on any atom is -0.396 e. The summed E-state index contributed by atoms with van der Waals surface area (Å²) < 4.78 is 5.31. The van der Waals surface area contributed by atoms with Crippen molar-refractivity contribution in [2.24, 2.45) is 5.92 Å². The lowest BCUT2D eigenvalue weighted by atomic mass is 10.2. The van der Waals surface area contributed by atoms with Crippen LogP contribution in [0.3, 0.4) is 0 Å². The van der Waals surface area contributed by atoms with Gasteiger partial charge in [-0.2, -0.15) is 0 Å². The van der Waals surface area contributed by atoms with Gasteiger partial charge >= 0.3 is 0 Å². The molecule has 0 bridgehead atoms. The van der Waals surface area contributed by atoms with Crippen LogP contribution in [0.25, 0.3) is 0 Å². The molecule has 1 heterocycles. The Hall–Kier alpha value is -0.610. The van der Waals surface area contributed by atoms with Gasteiger partial charge in [0.15, 0.2) is 0 Å². The number of ether oxygens (including phenoxy) is 1. The quantitative estimate of drug-likeness (QED) is 0.693. The first kappa shape index (κ1) is 9.93. The maximum atomic E-state index is 11.8. The number of aliphatic hydroxyl groups is 1. The molecule has 14 heavy (non-hydrogen) atoms. The van der Waals surface area contributed by atoms with Crippen LogP contribution in [0.5, 0.6) is 0 Å². The summed E-state index contributed by atoms with van der Waals surface area (Å²) in [7, 11) is 0. The van der Waals surface area contributed by atoms with E-state index in [9.17, 15) is 4.79 Å². The van der Waals surface area contributed by atoms with E-state index in [-0.39, 0.29) is 12.5 Å². The average molecular weight is 199 g/mol. The van der Waals surface area contributed by atoms with Crippen LogP contribution >= 0.6 is 0 Å². The lowest BCUT2D eigenvalue weighted by Crippen LogP contribution is -2.48. The van der Waals surface area contributed by atoms with Crippen LogP contribution in [-0.2, 0) is 9.53 Å². The number of carbonyl (C=O) groups excluding carboxylic acids is 1. The van der Waals surface area contributed by atoms with Crippen molar-refractivity contribution < 1.29 is 14.6 Å². The number of nitrogens with zero attached hydrogens (tertiary/aromatic N) is 1. The first-order valence-electron chi connectivity index (χ1n) is 5.32. The van der Waals surface area contributed by atoms with Crippen molar-refractivity contribution in [3.05, 3.63) is 0 Å². The van der Waals surface area contributed by atoms with E-state index in [1.165, 1.54) is 12.8 Å². The zero-order valence-corrected chi connectivity index (χ0v) is 8.32. The van der Waals surface area contributed by atoms with Gasteiger partial charge < -0.3 is 14.7 Å². The highest BCUT2D eigenvalue weighted by atomic mass is 16.5. The van der Waals surface area contributed by atoms with Crippen molar-refractivity contribution in [3.63, 3.8) is 0 Å².